The van der Waals surface area contributed by atoms with Gasteiger partial charge in [0.1, 0.15) is 22.8 Å². The van der Waals surface area contributed by atoms with E-state index >= 15 is 0 Å². The summed E-state index contributed by atoms with van der Waals surface area (Å²) >= 11 is 3.37. The number of benzene rings is 3. The van der Waals surface area contributed by atoms with Crippen LogP contribution in [0, 0.1) is 0 Å². The van der Waals surface area contributed by atoms with Gasteiger partial charge in [0.15, 0.2) is 6.61 Å². The van der Waals surface area contributed by atoms with E-state index in [-0.39, 0.29) is 23.6 Å². The second-order valence-corrected chi connectivity index (χ2v) is 9.05. The fourth-order valence-corrected chi connectivity index (χ4v) is 4.06. The molecule has 4 rings (SSSR count). The highest BCUT2D eigenvalue weighted by atomic mass is 79.9. The zero-order valence-corrected chi connectivity index (χ0v) is 22.6. The van der Waals surface area contributed by atoms with Crippen LogP contribution in [-0.2, 0) is 14.4 Å². The van der Waals surface area contributed by atoms with Crippen molar-refractivity contribution in [3.63, 3.8) is 0 Å². The van der Waals surface area contributed by atoms with Gasteiger partial charge in [0, 0.05) is 15.7 Å². The number of methoxy groups -OCH3 is 1. The Morgan fingerprint density at radius 2 is 1.67 bits per heavy atom. The number of urea groups is 1. The minimum Gasteiger partial charge on any atom is -0.497 e. The van der Waals surface area contributed by atoms with Gasteiger partial charge in [-0.3, -0.25) is 19.7 Å². The molecule has 200 valence electrons. The Hall–Kier alpha value is -4.64. The van der Waals surface area contributed by atoms with Crippen molar-refractivity contribution in [3.05, 3.63) is 82.3 Å². The van der Waals surface area contributed by atoms with Crippen LogP contribution in [0.1, 0.15) is 12.5 Å². The molecule has 1 aliphatic rings. The van der Waals surface area contributed by atoms with Crippen LogP contribution in [0.25, 0.3) is 6.08 Å². The molecule has 0 radical (unpaired) electrons. The van der Waals surface area contributed by atoms with E-state index < -0.39 is 23.8 Å². The van der Waals surface area contributed by atoms with Crippen molar-refractivity contribution in [1.82, 2.24) is 5.32 Å². The molecule has 0 spiro atoms. The summed E-state index contributed by atoms with van der Waals surface area (Å²) in [5.41, 5.74) is 0.890. The summed E-state index contributed by atoms with van der Waals surface area (Å²) in [4.78, 5) is 51.8. The van der Waals surface area contributed by atoms with E-state index in [9.17, 15) is 19.2 Å². The molecule has 1 fully saturated rings. The number of carbonyl (C=O) groups is 4. The lowest BCUT2D eigenvalue weighted by molar-refractivity contribution is -0.122. The molecule has 0 atom stereocenters. The molecule has 0 aromatic heterocycles. The maximum absolute atomic E-state index is 13.3. The lowest BCUT2D eigenvalue weighted by Gasteiger charge is -2.26. The Morgan fingerprint density at radius 3 is 2.33 bits per heavy atom. The number of ether oxygens (including phenoxy) is 3. The minimum absolute atomic E-state index is 0.251. The van der Waals surface area contributed by atoms with E-state index in [2.05, 4.69) is 26.6 Å². The first-order valence-electron chi connectivity index (χ1n) is 11.8. The second kappa shape index (κ2) is 12.3. The summed E-state index contributed by atoms with van der Waals surface area (Å²) in [5.74, 6) is -0.599. The first-order valence-corrected chi connectivity index (χ1v) is 12.6. The number of halogens is 1. The summed E-state index contributed by atoms with van der Waals surface area (Å²) in [5, 5.41) is 4.91. The number of nitrogens with one attached hydrogen (secondary N) is 2. The average Bonchev–Trinajstić information content (AvgIpc) is 2.92. The Morgan fingerprint density at radius 1 is 0.974 bits per heavy atom. The maximum Gasteiger partial charge on any atom is 0.335 e. The highest BCUT2D eigenvalue weighted by Gasteiger charge is 2.37. The molecule has 1 heterocycles. The molecule has 11 heteroatoms. The number of amides is 5. The van der Waals surface area contributed by atoms with Crippen LogP contribution in [0.5, 0.6) is 17.2 Å². The lowest BCUT2D eigenvalue weighted by Crippen LogP contribution is -2.54. The molecular weight excluding hydrogens is 570 g/mol. The number of barbiturate groups is 1. The van der Waals surface area contributed by atoms with Gasteiger partial charge in [0.25, 0.3) is 17.7 Å². The predicted molar refractivity (Wildman–Crippen MR) is 148 cm³/mol. The quantitative estimate of drug-likeness (QED) is 0.276. The fourth-order valence-electron chi connectivity index (χ4n) is 3.68. The van der Waals surface area contributed by atoms with Crippen LogP contribution < -0.4 is 29.7 Å². The SMILES string of the molecule is CCOc1ccc(N2C(=O)NC(=O)/C(=C\c3cc(Br)ccc3OCC(=O)Nc3ccc(OC)cc3)C2=O)cc1. The van der Waals surface area contributed by atoms with E-state index in [1.165, 1.54) is 6.08 Å². The summed E-state index contributed by atoms with van der Waals surface area (Å²) < 4.78 is 16.9. The third-order valence-electron chi connectivity index (χ3n) is 5.51. The third kappa shape index (κ3) is 6.63. The van der Waals surface area contributed by atoms with Crippen molar-refractivity contribution in [2.45, 2.75) is 6.92 Å². The van der Waals surface area contributed by atoms with E-state index in [0.29, 0.717) is 33.8 Å². The van der Waals surface area contributed by atoms with Crippen molar-refractivity contribution < 1.29 is 33.4 Å². The van der Waals surface area contributed by atoms with Crippen molar-refractivity contribution in [3.8, 4) is 17.2 Å². The Balaban J connectivity index is 1.54. The standard InChI is InChI=1S/C28H24BrN3O7/c1-3-38-22-11-7-20(8-12-22)32-27(35)23(26(34)31-28(32)36)15-17-14-18(29)4-13-24(17)39-16-25(33)30-19-5-9-21(37-2)10-6-19/h4-15H,3,16H2,1-2H3,(H,30,33)(H,31,34,36)/b23-15+. The number of rotatable bonds is 9. The zero-order valence-electron chi connectivity index (χ0n) is 21.0. The maximum atomic E-state index is 13.3. The Bertz CT molecular complexity index is 1440. The van der Waals surface area contributed by atoms with E-state index in [4.69, 9.17) is 14.2 Å². The van der Waals surface area contributed by atoms with Gasteiger partial charge in [-0.05, 0) is 79.7 Å². The van der Waals surface area contributed by atoms with Crippen LogP contribution in [-0.4, -0.2) is 44.1 Å². The monoisotopic (exact) mass is 593 g/mol. The third-order valence-corrected chi connectivity index (χ3v) is 6.01. The summed E-state index contributed by atoms with van der Waals surface area (Å²) in [7, 11) is 1.55. The summed E-state index contributed by atoms with van der Waals surface area (Å²) in [6.07, 6.45) is 1.31. The van der Waals surface area contributed by atoms with Crippen molar-refractivity contribution in [2.75, 3.05) is 30.5 Å². The first-order chi connectivity index (χ1) is 18.8. The van der Waals surface area contributed by atoms with E-state index in [0.717, 1.165) is 4.90 Å². The molecule has 3 aromatic rings. The van der Waals surface area contributed by atoms with Crippen molar-refractivity contribution in [2.24, 2.45) is 0 Å². The van der Waals surface area contributed by atoms with Gasteiger partial charge in [0.2, 0.25) is 0 Å². The molecule has 3 aromatic carbocycles. The topological polar surface area (TPSA) is 123 Å². The smallest absolute Gasteiger partial charge is 0.335 e. The van der Waals surface area contributed by atoms with Crippen LogP contribution in [0.15, 0.2) is 76.8 Å². The number of carbonyl (C=O) groups excluding carboxylic acids is 4. The lowest BCUT2D eigenvalue weighted by atomic mass is 10.1. The molecule has 10 nitrogen and oxygen atoms in total. The van der Waals surface area contributed by atoms with E-state index in [1.54, 1.807) is 73.8 Å². The van der Waals surface area contributed by atoms with Crippen LogP contribution in [0.3, 0.4) is 0 Å². The van der Waals surface area contributed by atoms with Gasteiger partial charge < -0.3 is 19.5 Å². The van der Waals surface area contributed by atoms with Gasteiger partial charge >= 0.3 is 6.03 Å². The Labute approximate surface area is 232 Å². The summed E-state index contributed by atoms with van der Waals surface area (Å²) in [6, 6.07) is 17.2. The van der Waals surface area contributed by atoms with Crippen LogP contribution >= 0.6 is 15.9 Å². The highest BCUT2D eigenvalue weighted by Crippen LogP contribution is 2.29. The molecular formula is C28H24BrN3O7. The van der Waals surface area contributed by atoms with Gasteiger partial charge in [-0.2, -0.15) is 0 Å². The molecule has 39 heavy (non-hydrogen) atoms. The minimum atomic E-state index is -0.868. The van der Waals surface area contributed by atoms with Crippen LogP contribution in [0.2, 0.25) is 0 Å². The van der Waals surface area contributed by atoms with Gasteiger partial charge in [-0.1, -0.05) is 15.9 Å². The van der Waals surface area contributed by atoms with E-state index in [1.807, 2.05) is 6.92 Å². The zero-order chi connectivity index (χ0) is 27.9. The molecule has 0 bridgehead atoms. The first kappa shape index (κ1) is 27.4. The fraction of sp³-hybridized carbons (Fsp3) is 0.143. The molecule has 1 saturated heterocycles. The molecule has 1 aliphatic heterocycles. The van der Waals surface area contributed by atoms with Gasteiger partial charge in [-0.25, -0.2) is 9.69 Å². The van der Waals surface area contributed by atoms with Gasteiger partial charge in [-0.15, -0.1) is 0 Å². The summed E-state index contributed by atoms with van der Waals surface area (Å²) in [6.45, 7) is 1.97. The number of imide groups is 2. The number of hydrogen-bond acceptors (Lipinski definition) is 7. The normalized spacial score (nSPS) is 14.2. The van der Waals surface area contributed by atoms with Crippen molar-refractivity contribution in [1.29, 1.82) is 0 Å². The predicted octanol–water partition coefficient (Wildman–Crippen LogP) is 4.54. The number of hydrogen-bond donors (Lipinski definition) is 2. The second-order valence-electron chi connectivity index (χ2n) is 8.13. The largest absolute Gasteiger partial charge is 0.497 e. The average molecular weight is 594 g/mol. The Kier molecular flexibility index (Phi) is 8.62. The highest BCUT2D eigenvalue weighted by molar-refractivity contribution is 9.10. The molecule has 0 unspecified atom stereocenters. The van der Waals surface area contributed by atoms with Crippen molar-refractivity contribution >= 4 is 57.1 Å². The number of anilines is 2. The molecule has 0 saturated carbocycles. The molecule has 0 aliphatic carbocycles. The van der Waals surface area contributed by atoms with Gasteiger partial charge in [0.05, 0.1) is 19.4 Å². The number of nitrogens with zero attached hydrogens (tertiary/aromatic N) is 1. The molecule has 2 N–H and O–H groups in total. The molecule has 5 amide bonds. The van der Waals surface area contributed by atoms with Crippen LogP contribution in [0.4, 0.5) is 16.2 Å².